The van der Waals surface area contributed by atoms with E-state index in [4.69, 9.17) is 0 Å². The Balaban J connectivity index is 2.01. The summed E-state index contributed by atoms with van der Waals surface area (Å²) in [6.45, 7) is 0. The van der Waals surface area contributed by atoms with Crippen molar-refractivity contribution in [3.8, 4) is 11.3 Å². The molecular formula is C18H18N2. The maximum Gasteiger partial charge on any atom is 0.0497 e. The van der Waals surface area contributed by atoms with Crippen molar-refractivity contribution < 1.29 is 0 Å². The van der Waals surface area contributed by atoms with Crippen LogP contribution in [0.3, 0.4) is 0 Å². The molecule has 2 N–H and O–H groups in total. The van der Waals surface area contributed by atoms with Crippen LogP contribution in [0, 0.1) is 0 Å². The second kappa shape index (κ2) is 4.50. The van der Waals surface area contributed by atoms with Crippen molar-refractivity contribution in [3.05, 3.63) is 59.7 Å². The van der Waals surface area contributed by atoms with Gasteiger partial charge >= 0.3 is 0 Å². The van der Waals surface area contributed by atoms with Crippen molar-refractivity contribution >= 4 is 10.9 Å². The van der Waals surface area contributed by atoms with Crippen LogP contribution in [-0.4, -0.2) is 12.0 Å². The summed E-state index contributed by atoms with van der Waals surface area (Å²) < 4.78 is 0. The van der Waals surface area contributed by atoms with Gasteiger partial charge in [-0.25, -0.2) is 0 Å². The highest BCUT2D eigenvalue weighted by molar-refractivity contribution is 5.94. The van der Waals surface area contributed by atoms with E-state index in [-0.39, 0.29) is 0 Å². The van der Waals surface area contributed by atoms with Gasteiger partial charge in [-0.15, -0.1) is 0 Å². The first-order chi connectivity index (χ1) is 9.88. The van der Waals surface area contributed by atoms with Gasteiger partial charge in [0.1, 0.15) is 0 Å². The summed E-state index contributed by atoms with van der Waals surface area (Å²) in [4.78, 5) is 3.63. The van der Waals surface area contributed by atoms with Crippen molar-refractivity contribution in [1.82, 2.24) is 10.3 Å². The van der Waals surface area contributed by atoms with Gasteiger partial charge in [0.05, 0.1) is 0 Å². The number of benzene rings is 2. The molecule has 100 valence electrons. The first-order valence-electron chi connectivity index (χ1n) is 7.24. The fourth-order valence-electron chi connectivity index (χ4n) is 3.48. The SMILES string of the molecule is CNC1CCc2c(-c3ccccc3)[nH]c3cccc1c23. The molecule has 2 heteroatoms. The second-order valence-corrected chi connectivity index (χ2v) is 5.49. The lowest BCUT2D eigenvalue weighted by atomic mass is 9.87. The molecule has 1 aliphatic rings. The van der Waals surface area contributed by atoms with Crippen LogP contribution in [-0.2, 0) is 6.42 Å². The summed E-state index contributed by atoms with van der Waals surface area (Å²) in [7, 11) is 2.05. The van der Waals surface area contributed by atoms with Crippen LogP contribution in [0.25, 0.3) is 22.2 Å². The average Bonchev–Trinajstić information content (AvgIpc) is 2.89. The van der Waals surface area contributed by atoms with E-state index in [1.807, 2.05) is 0 Å². The summed E-state index contributed by atoms with van der Waals surface area (Å²) in [6.07, 6.45) is 2.30. The van der Waals surface area contributed by atoms with Crippen molar-refractivity contribution in [3.63, 3.8) is 0 Å². The highest BCUT2D eigenvalue weighted by Crippen LogP contribution is 2.40. The molecule has 4 rings (SSSR count). The number of H-pyrrole nitrogens is 1. The van der Waals surface area contributed by atoms with E-state index in [0.29, 0.717) is 6.04 Å². The van der Waals surface area contributed by atoms with Crippen LogP contribution in [0.1, 0.15) is 23.6 Å². The molecule has 0 saturated heterocycles. The molecule has 0 bridgehead atoms. The summed E-state index contributed by atoms with van der Waals surface area (Å²) in [5.74, 6) is 0. The minimum Gasteiger partial charge on any atom is -0.354 e. The lowest BCUT2D eigenvalue weighted by Gasteiger charge is -2.23. The predicted molar refractivity (Wildman–Crippen MR) is 83.9 cm³/mol. The Labute approximate surface area is 118 Å². The van der Waals surface area contributed by atoms with Gasteiger partial charge in [0.15, 0.2) is 0 Å². The van der Waals surface area contributed by atoms with Crippen molar-refractivity contribution in [2.24, 2.45) is 0 Å². The molecule has 0 saturated carbocycles. The maximum atomic E-state index is 3.63. The fraction of sp³-hybridized carbons (Fsp3) is 0.222. The number of hydrogen-bond acceptors (Lipinski definition) is 1. The zero-order valence-corrected chi connectivity index (χ0v) is 11.6. The van der Waals surface area contributed by atoms with Crippen LogP contribution < -0.4 is 5.32 Å². The van der Waals surface area contributed by atoms with E-state index < -0.39 is 0 Å². The molecule has 1 atom stereocenters. The lowest BCUT2D eigenvalue weighted by molar-refractivity contribution is 0.544. The molecule has 3 aromatic rings. The molecule has 0 spiro atoms. The fourth-order valence-corrected chi connectivity index (χ4v) is 3.48. The molecule has 0 fully saturated rings. The van der Waals surface area contributed by atoms with Crippen LogP contribution in [0.15, 0.2) is 48.5 Å². The summed E-state index contributed by atoms with van der Waals surface area (Å²) in [5, 5.41) is 4.87. The van der Waals surface area contributed by atoms with E-state index in [2.05, 4.69) is 65.9 Å². The van der Waals surface area contributed by atoms with Gasteiger partial charge in [-0.3, -0.25) is 0 Å². The maximum absolute atomic E-state index is 3.63. The molecule has 2 aromatic carbocycles. The van der Waals surface area contributed by atoms with Crippen molar-refractivity contribution in [2.45, 2.75) is 18.9 Å². The van der Waals surface area contributed by atoms with Gasteiger partial charge in [-0.2, -0.15) is 0 Å². The Morgan fingerprint density at radius 3 is 2.70 bits per heavy atom. The van der Waals surface area contributed by atoms with Crippen LogP contribution in [0.4, 0.5) is 0 Å². The minimum absolute atomic E-state index is 0.477. The van der Waals surface area contributed by atoms with Gasteiger partial charge in [0, 0.05) is 22.6 Å². The third-order valence-electron chi connectivity index (χ3n) is 4.43. The highest BCUT2D eigenvalue weighted by atomic mass is 14.9. The zero-order chi connectivity index (χ0) is 13.5. The Kier molecular flexibility index (Phi) is 2.64. The highest BCUT2D eigenvalue weighted by Gasteiger charge is 2.24. The third kappa shape index (κ3) is 1.61. The molecule has 1 heterocycles. The standard InChI is InChI=1S/C18H18N2/c1-19-15-11-10-14-17-13(15)8-5-9-16(17)20-18(14)12-6-3-2-4-7-12/h2-9,15,19-20H,10-11H2,1H3. The van der Waals surface area contributed by atoms with Crippen LogP contribution in [0.5, 0.6) is 0 Å². The Bertz CT molecular complexity index is 756. The second-order valence-electron chi connectivity index (χ2n) is 5.49. The van der Waals surface area contributed by atoms with Crippen molar-refractivity contribution in [2.75, 3.05) is 7.05 Å². The smallest absolute Gasteiger partial charge is 0.0497 e. The Morgan fingerprint density at radius 1 is 1.05 bits per heavy atom. The zero-order valence-electron chi connectivity index (χ0n) is 11.6. The van der Waals surface area contributed by atoms with Gasteiger partial charge in [0.2, 0.25) is 0 Å². The number of nitrogens with one attached hydrogen (secondary N) is 2. The van der Waals surface area contributed by atoms with Gasteiger partial charge in [0.25, 0.3) is 0 Å². The number of hydrogen-bond donors (Lipinski definition) is 2. The van der Waals surface area contributed by atoms with Gasteiger partial charge in [-0.1, -0.05) is 42.5 Å². The molecule has 1 aliphatic carbocycles. The first kappa shape index (κ1) is 11.7. The molecule has 20 heavy (non-hydrogen) atoms. The predicted octanol–water partition coefficient (Wildman–Crippen LogP) is 4.04. The minimum atomic E-state index is 0.477. The number of aryl methyl sites for hydroxylation is 1. The van der Waals surface area contributed by atoms with Crippen LogP contribution in [0.2, 0.25) is 0 Å². The first-order valence-corrected chi connectivity index (χ1v) is 7.24. The summed E-state index contributed by atoms with van der Waals surface area (Å²) in [6, 6.07) is 17.7. The Hall–Kier alpha value is -2.06. The van der Waals surface area contributed by atoms with Gasteiger partial charge in [-0.05, 0) is 42.6 Å². The molecule has 1 aromatic heterocycles. The summed E-state index contributed by atoms with van der Waals surface area (Å²) >= 11 is 0. The van der Waals surface area contributed by atoms with E-state index >= 15 is 0 Å². The van der Waals surface area contributed by atoms with E-state index in [1.54, 1.807) is 0 Å². The third-order valence-corrected chi connectivity index (χ3v) is 4.43. The average molecular weight is 262 g/mol. The van der Waals surface area contributed by atoms with E-state index in [9.17, 15) is 0 Å². The number of aromatic nitrogens is 1. The van der Waals surface area contributed by atoms with Crippen LogP contribution >= 0.6 is 0 Å². The lowest BCUT2D eigenvalue weighted by Crippen LogP contribution is -2.20. The topological polar surface area (TPSA) is 27.8 Å². The number of aromatic amines is 1. The van der Waals surface area contributed by atoms with Crippen molar-refractivity contribution in [1.29, 1.82) is 0 Å². The molecule has 0 radical (unpaired) electrons. The van der Waals surface area contributed by atoms with E-state index in [0.717, 1.165) is 6.42 Å². The van der Waals surface area contributed by atoms with Gasteiger partial charge < -0.3 is 10.3 Å². The monoisotopic (exact) mass is 262 g/mol. The molecule has 0 aliphatic heterocycles. The normalized spacial score (nSPS) is 17.6. The largest absolute Gasteiger partial charge is 0.354 e. The molecule has 1 unspecified atom stereocenters. The van der Waals surface area contributed by atoms with E-state index in [1.165, 1.54) is 39.7 Å². The molecule has 2 nitrogen and oxygen atoms in total. The Morgan fingerprint density at radius 2 is 1.90 bits per heavy atom. The molecular weight excluding hydrogens is 244 g/mol. The number of rotatable bonds is 2. The summed E-state index contributed by atoms with van der Waals surface area (Å²) in [5.41, 5.74) is 6.75. The molecule has 0 amide bonds. The quantitative estimate of drug-likeness (QED) is 0.716.